The minimum atomic E-state index is -1.15. The van der Waals surface area contributed by atoms with Crippen LogP contribution in [0.2, 0.25) is 0 Å². The lowest BCUT2D eigenvalue weighted by Crippen LogP contribution is -2.18. The lowest BCUT2D eigenvalue weighted by molar-refractivity contribution is 0.0692. The smallest absolute Gasteiger partial charge is 0.339 e. The molecule has 0 atom stereocenters. The molecule has 1 aromatic rings. The molecule has 1 aliphatic carbocycles. The highest BCUT2D eigenvalue weighted by molar-refractivity contribution is 6.01. The number of Topliss-reactive ketones (excluding diaryl/α,β-unsaturated/α-hetero) is 1. The van der Waals surface area contributed by atoms with Crippen molar-refractivity contribution in [2.75, 3.05) is 0 Å². The number of hydrogen-bond acceptors (Lipinski definition) is 4. The van der Waals surface area contributed by atoms with E-state index in [0.717, 1.165) is 25.7 Å². The summed E-state index contributed by atoms with van der Waals surface area (Å²) in [5.74, 6) is 3.95. The summed E-state index contributed by atoms with van der Waals surface area (Å²) in [6.07, 6.45) is 5.06. The first kappa shape index (κ1) is 13.5. The van der Waals surface area contributed by atoms with Crippen molar-refractivity contribution in [3.63, 3.8) is 0 Å². The standard InChI is InChI=1S/C14H17NO4/c15-19-12-7-6-10(8-11(12)14(17)18)13(16)9-4-2-1-3-5-9/h6-9H,1-5,15H2,(H,17,18). The molecule has 3 N–H and O–H groups in total. The predicted molar refractivity (Wildman–Crippen MR) is 69.1 cm³/mol. The maximum absolute atomic E-state index is 12.3. The van der Waals surface area contributed by atoms with E-state index >= 15 is 0 Å². The number of nitrogens with two attached hydrogens (primary N) is 1. The van der Waals surface area contributed by atoms with E-state index in [-0.39, 0.29) is 23.0 Å². The van der Waals surface area contributed by atoms with E-state index in [1.54, 1.807) is 6.07 Å². The molecule has 1 fully saturated rings. The van der Waals surface area contributed by atoms with E-state index in [0.29, 0.717) is 5.56 Å². The van der Waals surface area contributed by atoms with Crippen LogP contribution in [0.5, 0.6) is 5.75 Å². The molecule has 102 valence electrons. The zero-order chi connectivity index (χ0) is 13.8. The zero-order valence-corrected chi connectivity index (χ0v) is 10.6. The van der Waals surface area contributed by atoms with Crippen LogP contribution in [0.15, 0.2) is 18.2 Å². The van der Waals surface area contributed by atoms with Crippen molar-refractivity contribution in [2.24, 2.45) is 11.8 Å². The molecule has 0 aromatic heterocycles. The van der Waals surface area contributed by atoms with Gasteiger partial charge in [-0.2, -0.15) is 5.90 Å². The van der Waals surface area contributed by atoms with Gasteiger partial charge in [0.15, 0.2) is 11.5 Å². The third kappa shape index (κ3) is 2.93. The first-order valence-electron chi connectivity index (χ1n) is 6.41. The number of carbonyl (C=O) groups is 2. The van der Waals surface area contributed by atoms with Crippen LogP contribution in [0, 0.1) is 5.92 Å². The second-order valence-corrected chi connectivity index (χ2v) is 4.83. The van der Waals surface area contributed by atoms with Crippen LogP contribution in [-0.2, 0) is 0 Å². The Balaban J connectivity index is 2.26. The van der Waals surface area contributed by atoms with Crippen molar-refractivity contribution < 1.29 is 19.5 Å². The van der Waals surface area contributed by atoms with Gasteiger partial charge in [-0.25, -0.2) is 4.79 Å². The Morgan fingerprint density at radius 2 is 1.89 bits per heavy atom. The quantitative estimate of drug-likeness (QED) is 0.643. The van der Waals surface area contributed by atoms with E-state index in [4.69, 9.17) is 11.0 Å². The molecule has 5 nitrogen and oxygen atoms in total. The summed E-state index contributed by atoms with van der Waals surface area (Å²) in [6.45, 7) is 0. The van der Waals surface area contributed by atoms with Crippen molar-refractivity contribution in [2.45, 2.75) is 32.1 Å². The van der Waals surface area contributed by atoms with Crippen molar-refractivity contribution >= 4 is 11.8 Å². The third-order valence-electron chi connectivity index (χ3n) is 3.60. The van der Waals surface area contributed by atoms with Gasteiger partial charge < -0.3 is 9.94 Å². The fraction of sp³-hybridized carbons (Fsp3) is 0.429. The first-order valence-corrected chi connectivity index (χ1v) is 6.41. The molecule has 0 unspecified atom stereocenters. The number of ketones is 1. The summed E-state index contributed by atoms with van der Waals surface area (Å²) in [5.41, 5.74) is 0.342. The maximum atomic E-state index is 12.3. The molecule has 1 saturated carbocycles. The summed E-state index contributed by atoms with van der Waals surface area (Å²) in [6, 6.07) is 4.35. The normalized spacial score (nSPS) is 16.1. The molecule has 19 heavy (non-hydrogen) atoms. The van der Waals surface area contributed by atoms with Crippen LogP contribution >= 0.6 is 0 Å². The molecular formula is C14H17NO4. The van der Waals surface area contributed by atoms with Crippen molar-refractivity contribution in [1.29, 1.82) is 0 Å². The molecule has 1 aliphatic rings. The van der Waals surface area contributed by atoms with Crippen LogP contribution in [0.4, 0.5) is 0 Å². The van der Waals surface area contributed by atoms with Gasteiger partial charge >= 0.3 is 5.97 Å². The van der Waals surface area contributed by atoms with E-state index in [2.05, 4.69) is 4.84 Å². The predicted octanol–water partition coefficient (Wildman–Crippen LogP) is 2.40. The fourth-order valence-corrected chi connectivity index (χ4v) is 2.55. The minimum absolute atomic E-state index is 0.0139. The molecular weight excluding hydrogens is 246 g/mol. The van der Waals surface area contributed by atoms with E-state index in [9.17, 15) is 9.59 Å². The summed E-state index contributed by atoms with van der Waals surface area (Å²) in [7, 11) is 0. The highest BCUT2D eigenvalue weighted by Crippen LogP contribution is 2.28. The van der Waals surface area contributed by atoms with Crippen molar-refractivity contribution in [1.82, 2.24) is 0 Å². The van der Waals surface area contributed by atoms with Gasteiger partial charge in [-0.1, -0.05) is 19.3 Å². The molecule has 0 aliphatic heterocycles. The molecule has 0 bridgehead atoms. The Bertz CT molecular complexity index is 492. The van der Waals surface area contributed by atoms with Gasteiger partial charge in [0.05, 0.1) is 0 Å². The van der Waals surface area contributed by atoms with Crippen LogP contribution in [-0.4, -0.2) is 16.9 Å². The molecule has 0 heterocycles. The fourth-order valence-electron chi connectivity index (χ4n) is 2.55. The molecule has 0 amide bonds. The number of carbonyl (C=O) groups excluding carboxylic acids is 1. The van der Waals surface area contributed by atoms with Crippen LogP contribution in [0.3, 0.4) is 0 Å². The van der Waals surface area contributed by atoms with Crippen molar-refractivity contribution in [3.05, 3.63) is 29.3 Å². The number of rotatable bonds is 4. The number of aromatic carboxylic acids is 1. The minimum Gasteiger partial charge on any atom is -0.478 e. The van der Waals surface area contributed by atoms with Gasteiger partial charge in [0, 0.05) is 11.5 Å². The number of hydrogen-bond donors (Lipinski definition) is 2. The van der Waals surface area contributed by atoms with E-state index in [1.807, 2.05) is 0 Å². The zero-order valence-electron chi connectivity index (χ0n) is 10.6. The van der Waals surface area contributed by atoms with Crippen molar-refractivity contribution in [3.8, 4) is 5.75 Å². The summed E-state index contributed by atoms with van der Waals surface area (Å²) < 4.78 is 0. The average Bonchev–Trinajstić information content (AvgIpc) is 2.46. The van der Waals surface area contributed by atoms with Gasteiger partial charge in [0.2, 0.25) is 0 Å². The topological polar surface area (TPSA) is 89.6 Å². The number of benzene rings is 1. The largest absolute Gasteiger partial charge is 0.478 e. The first-order chi connectivity index (χ1) is 9.13. The van der Waals surface area contributed by atoms with Gasteiger partial charge in [-0.05, 0) is 31.0 Å². The number of carboxylic acids is 1. The SMILES string of the molecule is NOc1ccc(C(=O)C2CCCCC2)cc1C(=O)O. The Hall–Kier alpha value is -1.88. The van der Waals surface area contributed by atoms with Gasteiger partial charge in [0.25, 0.3) is 0 Å². The van der Waals surface area contributed by atoms with E-state index in [1.165, 1.54) is 18.6 Å². The van der Waals surface area contributed by atoms with Crippen LogP contribution in [0.25, 0.3) is 0 Å². The molecule has 1 aromatic carbocycles. The molecule has 0 saturated heterocycles. The van der Waals surface area contributed by atoms with E-state index < -0.39 is 5.97 Å². The van der Waals surface area contributed by atoms with Gasteiger partial charge in [-0.3, -0.25) is 4.79 Å². The van der Waals surface area contributed by atoms with Gasteiger partial charge in [-0.15, -0.1) is 0 Å². The lowest BCUT2D eigenvalue weighted by Gasteiger charge is -2.20. The lowest BCUT2D eigenvalue weighted by atomic mass is 9.83. The Morgan fingerprint density at radius 3 is 2.47 bits per heavy atom. The summed E-state index contributed by atoms with van der Waals surface area (Å²) in [4.78, 5) is 27.9. The van der Waals surface area contributed by atoms with Crippen LogP contribution in [0.1, 0.15) is 52.8 Å². The molecule has 5 heteroatoms. The Labute approximate surface area is 111 Å². The summed E-state index contributed by atoms with van der Waals surface area (Å²) >= 11 is 0. The maximum Gasteiger partial charge on any atom is 0.339 e. The second kappa shape index (κ2) is 5.84. The highest BCUT2D eigenvalue weighted by Gasteiger charge is 2.24. The summed E-state index contributed by atoms with van der Waals surface area (Å²) in [5, 5.41) is 9.07. The Morgan fingerprint density at radius 1 is 1.21 bits per heavy atom. The van der Waals surface area contributed by atoms with Gasteiger partial charge in [0.1, 0.15) is 5.56 Å². The average molecular weight is 263 g/mol. The van der Waals surface area contributed by atoms with Crippen LogP contribution < -0.4 is 10.7 Å². The highest BCUT2D eigenvalue weighted by atomic mass is 16.6. The third-order valence-corrected chi connectivity index (χ3v) is 3.60. The second-order valence-electron chi connectivity index (χ2n) is 4.83. The molecule has 2 rings (SSSR count). The number of carboxylic acid groups (broad SMARTS) is 1. The molecule has 0 spiro atoms. The monoisotopic (exact) mass is 263 g/mol. The molecule has 0 radical (unpaired) electrons. The Kier molecular flexibility index (Phi) is 4.16.